The van der Waals surface area contributed by atoms with E-state index < -0.39 is 37.3 Å². The minimum atomic E-state index is -1.57. The topological polar surface area (TPSA) is 110 Å². The SMILES string of the molecule is OC[C@H]1OC(O)[C@H](O)[C@@H](O)[13C@@H]1O. The highest BCUT2D eigenvalue weighted by Gasteiger charge is 2.42. The van der Waals surface area contributed by atoms with Gasteiger partial charge < -0.3 is 30.3 Å². The molecule has 5 atom stereocenters. The maximum absolute atomic E-state index is 9.12. The summed E-state index contributed by atoms with van der Waals surface area (Å²) >= 11 is 0. The monoisotopic (exact) mass is 181 g/mol. The van der Waals surface area contributed by atoms with Crippen LogP contribution < -0.4 is 0 Å². The molecule has 1 fully saturated rings. The van der Waals surface area contributed by atoms with Gasteiger partial charge in [0, 0.05) is 0 Å². The van der Waals surface area contributed by atoms with Gasteiger partial charge in [-0.05, 0) is 0 Å². The highest BCUT2D eigenvalue weighted by atomic mass is 16.7. The predicted molar refractivity (Wildman–Crippen MR) is 36.0 cm³/mol. The predicted octanol–water partition coefficient (Wildman–Crippen LogP) is -3.22. The van der Waals surface area contributed by atoms with Crippen LogP contribution in [0.2, 0.25) is 0 Å². The number of hydrogen-bond donors (Lipinski definition) is 5. The van der Waals surface area contributed by atoms with Gasteiger partial charge in [-0.3, -0.25) is 0 Å². The van der Waals surface area contributed by atoms with Crippen LogP contribution in [0.3, 0.4) is 0 Å². The van der Waals surface area contributed by atoms with E-state index >= 15 is 0 Å². The van der Waals surface area contributed by atoms with Crippen molar-refractivity contribution in [2.45, 2.75) is 30.7 Å². The number of ether oxygens (including phenoxy) is 1. The van der Waals surface area contributed by atoms with Crippen LogP contribution >= 0.6 is 0 Å². The molecule has 1 heterocycles. The zero-order valence-electron chi connectivity index (χ0n) is 6.24. The first-order valence-corrected chi connectivity index (χ1v) is 3.56. The van der Waals surface area contributed by atoms with E-state index in [4.69, 9.17) is 25.5 Å². The van der Waals surface area contributed by atoms with Crippen molar-refractivity contribution < 1.29 is 30.3 Å². The summed E-state index contributed by atoms with van der Waals surface area (Å²) in [6, 6.07) is 0. The van der Waals surface area contributed by atoms with Crippen LogP contribution in [-0.4, -0.2) is 62.8 Å². The van der Waals surface area contributed by atoms with E-state index in [1.165, 1.54) is 0 Å². The molecule has 0 amide bonds. The lowest BCUT2D eigenvalue weighted by Gasteiger charge is -2.37. The number of hydrogen-bond acceptors (Lipinski definition) is 6. The van der Waals surface area contributed by atoms with Crippen LogP contribution in [0.25, 0.3) is 0 Å². The van der Waals surface area contributed by atoms with Gasteiger partial charge in [0.15, 0.2) is 6.29 Å². The first-order chi connectivity index (χ1) is 5.57. The molecule has 5 N–H and O–H groups in total. The van der Waals surface area contributed by atoms with Gasteiger partial charge in [0.25, 0.3) is 0 Å². The van der Waals surface area contributed by atoms with Crippen LogP contribution in [0.4, 0.5) is 0 Å². The lowest BCUT2D eigenvalue weighted by Crippen LogP contribution is -2.58. The molecule has 1 aliphatic rings. The molecule has 1 unspecified atom stereocenters. The van der Waals surface area contributed by atoms with Gasteiger partial charge in [0.05, 0.1) is 6.61 Å². The van der Waals surface area contributed by atoms with Crippen LogP contribution in [0.1, 0.15) is 0 Å². The molecule has 0 radical (unpaired) electrons. The maximum Gasteiger partial charge on any atom is 0.184 e. The normalized spacial score (nSPS) is 49.2. The summed E-state index contributed by atoms with van der Waals surface area (Å²) in [4.78, 5) is 0. The second-order valence-electron chi connectivity index (χ2n) is 2.72. The Labute approximate surface area is 68.6 Å². The van der Waals surface area contributed by atoms with Crippen molar-refractivity contribution in [2.75, 3.05) is 6.61 Å². The summed E-state index contributed by atoms with van der Waals surface area (Å²) in [6.07, 6.45) is -7.04. The third kappa shape index (κ3) is 1.58. The number of aliphatic hydroxyl groups excluding tert-OH is 5. The standard InChI is InChI=1S/C6H12O6/c7-1-2-3(8)4(9)5(10)6(11)12-2/h2-11H,1H2/t2-,3-,4+,5-,6?/m1/s1/i3+1. The summed E-state index contributed by atoms with van der Waals surface area (Å²) in [5.74, 6) is 0. The summed E-state index contributed by atoms with van der Waals surface area (Å²) in [7, 11) is 0. The molecule has 0 aliphatic carbocycles. The zero-order chi connectivity index (χ0) is 9.30. The third-order valence-electron chi connectivity index (χ3n) is 1.87. The minimum Gasteiger partial charge on any atom is -0.394 e. The lowest BCUT2D eigenvalue weighted by atomic mass is 10.2. The smallest absolute Gasteiger partial charge is 0.184 e. The van der Waals surface area contributed by atoms with Crippen molar-refractivity contribution in [3.8, 4) is 0 Å². The highest BCUT2D eigenvalue weighted by molar-refractivity contribution is 4.87. The van der Waals surface area contributed by atoms with Gasteiger partial charge in [-0.2, -0.15) is 0 Å². The van der Waals surface area contributed by atoms with E-state index in [1.807, 2.05) is 0 Å². The molecule has 1 rings (SSSR count). The van der Waals surface area contributed by atoms with E-state index in [2.05, 4.69) is 4.74 Å². The van der Waals surface area contributed by atoms with E-state index in [0.29, 0.717) is 0 Å². The summed E-state index contributed by atoms with van der Waals surface area (Å²) in [6.45, 7) is -0.526. The van der Waals surface area contributed by atoms with E-state index in [-0.39, 0.29) is 0 Å². The van der Waals surface area contributed by atoms with Crippen molar-refractivity contribution in [1.29, 1.82) is 0 Å². The Morgan fingerprint density at radius 3 is 2.00 bits per heavy atom. The fraction of sp³-hybridized carbons (Fsp3) is 1.00. The Kier molecular flexibility index (Phi) is 2.99. The van der Waals surface area contributed by atoms with Crippen molar-refractivity contribution in [3.05, 3.63) is 0 Å². The first-order valence-electron chi connectivity index (χ1n) is 3.56. The molecular weight excluding hydrogens is 169 g/mol. The van der Waals surface area contributed by atoms with Crippen molar-refractivity contribution >= 4 is 0 Å². The fourth-order valence-electron chi connectivity index (χ4n) is 1.08. The summed E-state index contributed by atoms with van der Waals surface area (Å²) < 4.78 is 4.58. The van der Waals surface area contributed by atoms with E-state index in [0.717, 1.165) is 0 Å². The molecule has 0 aromatic rings. The van der Waals surface area contributed by atoms with Gasteiger partial charge >= 0.3 is 0 Å². The largest absolute Gasteiger partial charge is 0.394 e. The van der Waals surface area contributed by atoms with Gasteiger partial charge in [0.2, 0.25) is 0 Å². The van der Waals surface area contributed by atoms with Crippen molar-refractivity contribution in [2.24, 2.45) is 0 Å². The Morgan fingerprint density at radius 2 is 1.50 bits per heavy atom. The average Bonchev–Trinajstić information content (AvgIpc) is 2.08. The fourth-order valence-corrected chi connectivity index (χ4v) is 1.08. The number of rotatable bonds is 1. The van der Waals surface area contributed by atoms with E-state index in [9.17, 15) is 0 Å². The maximum atomic E-state index is 9.12. The van der Waals surface area contributed by atoms with Crippen LogP contribution in [0.15, 0.2) is 0 Å². The van der Waals surface area contributed by atoms with Gasteiger partial charge in [-0.15, -0.1) is 0 Å². The van der Waals surface area contributed by atoms with Gasteiger partial charge in [-0.1, -0.05) is 0 Å². The molecule has 1 aliphatic heterocycles. The first kappa shape index (κ1) is 9.85. The lowest BCUT2D eigenvalue weighted by molar-refractivity contribution is -0.286. The van der Waals surface area contributed by atoms with Gasteiger partial charge in [-0.25, -0.2) is 0 Å². The number of aliphatic hydroxyl groups is 5. The Hall–Kier alpha value is -0.240. The molecule has 6 nitrogen and oxygen atoms in total. The second-order valence-corrected chi connectivity index (χ2v) is 2.72. The van der Waals surface area contributed by atoms with E-state index in [1.54, 1.807) is 0 Å². The van der Waals surface area contributed by atoms with Crippen molar-refractivity contribution in [1.82, 2.24) is 0 Å². The molecule has 0 bridgehead atoms. The minimum absolute atomic E-state index is 0.526. The quantitative estimate of drug-likeness (QED) is 0.272. The molecule has 72 valence electrons. The Morgan fingerprint density at radius 1 is 0.917 bits per heavy atom. The molecular formula is C6H12O6. The molecule has 6 heteroatoms. The molecule has 0 aromatic heterocycles. The Balaban J connectivity index is 2.63. The Bertz CT molecular complexity index is 146. The van der Waals surface area contributed by atoms with Crippen LogP contribution in [-0.2, 0) is 4.74 Å². The second kappa shape index (κ2) is 3.65. The van der Waals surface area contributed by atoms with Crippen molar-refractivity contribution in [3.63, 3.8) is 0 Å². The van der Waals surface area contributed by atoms with Crippen LogP contribution in [0.5, 0.6) is 0 Å². The zero-order valence-corrected chi connectivity index (χ0v) is 6.24. The van der Waals surface area contributed by atoms with Crippen LogP contribution in [0, 0.1) is 0 Å². The summed E-state index contributed by atoms with van der Waals surface area (Å²) in [5, 5.41) is 44.7. The average molecular weight is 181 g/mol. The van der Waals surface area contributed by atoms with Gasteiger partial charge in [0.1, 0.15) is 24.4 Å². The molecule has 0 saturated carbocycles. The summed E-state index contributed by atoms with van der Waals surface area (Å²) in [5.41, 5.74) is 0. The molecule has 12 heavy (non-hydrogen) atoms. The third-order valence-corrected chi connectivity index (χ3v) is 1.87. The highest BCUT2D eigenvalue weighted by Crippen LogP contribution is 2.18. The molecule has 1 saturated heterocycles. The molecule has 0 spiro atoms. The molecule has 0 aromatic carbocycles.